The van der Waals surface area contributed by atoms with Crippen LogP contribution in [0.5, 0.6) is 0 Å². The minimum absolute atomic E-state index is 0.0485. The van der Waals surface area contributed by atoms with E-state index in [9.17, 15) is 4.79 Å². The molecular formula is C14H28N2O2. The van der Waals surface area contributed by atoms with E-state index >= 15 is 0 Å². The van der Waals surface area contributed by atoms with Gasteiger partial charge < -0.3 is 15.8 Å². The van der Waals surface area contributed by atoms with E-state index in [1.807, 2.05) is 20.8 Å². The normalized spacial score (nSPS) is 26.5. The molecule has 106 valence electrons. The summed E-state index contributed by atoms with van der Waals surface area (Å²) >= 11 is 0. The van der Waals surface area contributed by atoms with Crippen molar-refractivity contribution in [2.75, 3.05) is 6.54 Å². The number of hydrogen-bond acceptors (Lipinski definition) is 3. The second-order valence-corrected chi connectivity index (χ2v) is 6.51. The van der Waals surface area contributed by atoms with E-state index in [0.717, 1.165) is 18.8 Å². The molecule has 0 aromatic carbocycles. The van der Waals surface area contributed by atoms with Crippen molar-refractivity contribution in [1.82, 2.24) is 5.32 Å². The van der Waals surface area contributed by atoms with E-state index in [2.05, 4.69) is 12.2 Å². The lowest BCUT2D eigenvalue weighted by molar-refractivity contribution is 0.0477. The molecule has 1 unspecified atom stereocenters. The van der Waals surface area contributed by atoms with Gasteiger partial charge in [-0.15, -0.1) is 0 Å². The van der Waals surface area contributed by atoms with Crippen LogP contribution in [0.2, 0.25) is 0 Å². The Hall–Kier alpha value is -0.770. The molecule has 1 aliphatic rings. The summed E-state index contributed by atoms with van der Waals surface area (Å²) < 4.78 is 5.28. The second-order valence-electron chi connectivity index (χ2n) is 6.51. The maximum absolute atomic E-state index is 11.7. The van der Waals surface area contributed by atoms with Crippen molar-refractivity contribution in [2.45, 2.75) is 65.0 Å². The lowest BCUT2D eigenvalue weighted by Gasteiger charge is -2.33. The maximum atomic E-state index is 11.7. The summed E-state index contributed by atoms with van der Waals surface area (Å²) in [6, 6.07) is 0.0485. The van der Waals surface area contributed by atoms with Crippen LogP contribution in [-0.2, 0) is 4.74 Å². The van der Waals surface area contributed by atoms with Crippen molar-refractivity contribution in [3.05, 3.63) is 0 Å². The van der Waals surface area contributed by atoms with Gasteiger partial charge in [-0.05, 0) is 45.4 Å². The molecule has 1 saturated carbocycles. The third-order valence-electron chi connectivity index (χ3n) is 3.59. The smallest absolute Gasteiger partial charge is 0.407 e. The van der Waals surface area contributed by atoms with E-state index in [0.29, 0.717) is 12.5 Å². The largest absolute Gasteiger partial charge is 0.444 e. The number of nitrogens with two attached hydrogens (primary N) is 1. The van der Waals surface area contributed by atoms with Gasteiger partial charge in [0.1, 0.15) is 5.60 Å². The standard InChI is InChI=1S/C14H28N2O2/c1-10-5-7-11(8-6-10)12(9-15)16-13(17)18-14(2,3)4/h10-12H,5-9,15H2,1-4H3,(H,16,17). The molecule has 1 fully saturated rings. The third kappa shape index (κ3) is 5.25. The first kappa shape index (κ1) is 15.3. The van der Waals surface area contributed by atoms with Crippen LogP contribution >= 0.6 is 0 Å². The summed E-state index contributed by atoms with van der Waals surface area (Å²) in [4.78, 5) is 11.7. The molecule has 0 heterocycles. The lowest BCUT2D eigenvalue weighted by atomic mass is 9.79. The minimum Gasteiger partial charge on any atom is -0.444 e. The Bertz CT molecular complexity index is 265. The molecule has 0 radical (unpaired) electrons. The highest BCUT2D eigenvalue weighted by Gasteiger charge is 2.27. The van der Waals surface area contributed by atoms with Crippen molar-refractivity contribution in [1.29, 1.82) is 0 Å². The van der Waals surface area contributed by atoms with Gasteiger partial charge >= 0.3 is 6.09 Å². The zero-order chi connectivity index (χ0) is 13.8. The third-order valence-corrected chi connectivity index (χ3v) is 3.59. The van der Waals surface area contributed by atoms with Crippen LogP contribution in [0.4, 0.5) is 4.79 Å². The van der Waals surface area contributed by atoms with Crippen LogP contribution in [0.15, 0.2) is 0 Å². The van der Waals surface area contributed by atoms with Crippen molar-refractivity contribution >= 4 is 6.09 Å². The average Bonchev–Trinajstić information content (AvgIpc) is 2.25. The molecule has 0 aliphatic heterocycles. The summed E-state index contributed by atoms with van der Waals surface area (Å²) in [7, 11) is 0. The molecule has 1 atom stereocenters. The maximum Gasteiger partial charge on any atom is 0.407 e. The number of alkyl carbamates (subject to hydrolysis) is 1. The molecule has 18 heavy (non-hydrogen) atoms. The van der Waals surface area contributed by atoms with Crippen molar-refractivity contribution in [3.63, 3.8) is 0 Å². The summed E-state index contributed by atoms with van der Waals surface area (Å²) in [5.74, 6) is 1.31. The Morgan fingerprint density at radius 2 is 1.89 bits per heavy atom. The molecular weight excluding hydrogens is 228 g/mol. The van der Waals surface area contributed by atoms with Gasteiger partial charge in [-0.2, -0.15) is 0 Å². The second kappa shape index (κ2) is 6.41. The van der Waals surface area contributed by atoms with E-state index in [4.69, 9.17) is 10.5 Å². The Morgan fingerprint density at radius 3 is 2.33 bits per heavy atom. The summed E-state index contributed by atoms with van der Waals surface area (Å²) in [5, 5.41) is 2.92. The zero-order valence-corrected chi connectivity index (χ0v) is 12.2. The molecule has 4 heteroatoms. The number of nitrogens with one attached hydrogen (secondary N) is 1. The summed E-state index contributed by atoms with van der Waals surface area (Å²) in [6.45, 7) is 8.37. The molecule has 1 amide bonds. The number of ether oxygens (including phenoxy) is 1. The van der Waals surface area contributed by atoms with Crippen LogP contribution in [-0.4, -0.2) is 24.3 Å². The van der Waals surface area contributed by atoms with Gasteiger partial charge in [0.2, 0.25) is 0 Å². The molecule has 1 aliphatic carbocycles. The molecule has 3 N–H and O–H groups in total. The predicted molar refractivity (Wildman–Crippen MR) is 73.3 cm³/mol. The van der Waals surface area contributed by atoms with Gasteiger partial charge in [-0.1, -0.05) is 19.8 Å². The van der Waals surface area contributed by atoms with E-state index < -0.39 is 5.60 Å². The first-order valence-electron chi connectivity index (χ1n) is 7.01. The van der Waals surface area contributed by atoms with Gasteiger partial charge in [0.05, 0.1) is 0 Å². The van der Waals surface area contributed by atoms with Gasteiger partial charge in [0.15, 0.2) is 0 Å². The summed E-state index contributed by atoms with van der Waals surface area (Å²) in [6.07, 6.45) is 4.42. The monoisotopic (exact) mass is 256 g/mol. The average molecular weight is 256 g/mol. The number of rotatable bonds is 3. The molecule has 4 nitrogen and oxygen atoms in total. The highest BCUT2D eigenvalue weighted by Crippen LogP contribution is 2.30. The van der Waals surface area contributed by atoms with Crippen molar-refractivity contribution in [3.8, 4) is 0 Å². The highest BCUT2D eigenvalue weighted by molar-refractivity contribution is 5.68. The molecule has 0 saturated heterocycles. The van der Waals surface area contributed by atoms with E-state index in [1.165, 1.54) is 12.8 Å². The highest BCUT2D eigenvalue weighted by atomic mass is 16.6. The van der Waals surface area contributed by atoms with Crippen LogP contribution in [0, 0.1) is 11.8 Å². The van der Waals surface area contributed by atoms with Crippen molar-refractivity contribution in [2.24, 2.45) is 17.6 Å². The first-order chi connectivity index (χ1) is 8.31. The zero-order valence-electron chi connectivity index (χ0n) is 12.2. The van der Waals surface area contributed by atoms with Gasteiger partial charge in [-0.25, -0.2) is 4.79 Å². The Morgan fingerprint density at radius 1 is 1.33 bits per heavy atom. The fourth-order valence-electron chi connectivity index (χ4n) is 2.52. The number of carbonyl (C=O) groups excluding carboxylic acids is 1. The van der Waals surface area contributed by atoms with Gasteiger partial charge in [-0.3, -0.25) is 0 Å². The Kier molecular flexibility index (Phi) is 5.45. The van der Waals surface area contributed by atoms with Gasteiger partial charge in [0, 0.05) is 12.6 Å². The van der Waals surface area contributed by atoms with E-state index in [-0.39, 0.29) is 12.1 Å². The quantitative estimate of drug-likeness (QED) is 0.816. The van der Waals surface area contributed by atoms with Crippen LogP contribution in [0.25, 0.3) is 0 Å². The molecule has 0 bridgehead atoms. The fourth-order valence-corrected chi connectivity index (χ4v) is 2.52. The first-order valence-corrected chi connectivity index (χ1v) is 7.01. The van der Waals surface area contributed by atoms with Crippen LogP contribution < -0.4 is 11.1 Å². The predicted octanol–water partition coefficient (Wildman–Crippen LogP) is 2.66. The Labute approximate surface area is 111 Å². The number of carbonyl (C=O) groups is 1. The van der Waals surface area contributed by atoms with Gasteiger partial charge in [0.25, 0.3) is 0 Å². The molecule has 0 spiro atoms. The number of amides is 1. The summed E-state index contributed by atoms with van der Waals surface area (Å²) in [5.41, 5.74) is 5.33. The minimum atomic E-state index is -0.454. The Balaban J connectivity index is 2.44. The topological polar surface area (TPSA) is 64.3 Å². The SMILES string of the molecule is CC1CCC(C(CN)NC(=O)OC(C)(C)C)CC1. The fraction of sp³-hybridized carbons (Fsp3) is 0.929. The molecule has 0 aromatic rings. The van der Waals surface area contributed by atoms with Crippen molar-refractivity contribution < 1.29 is 9.53 Å². The van der Waals surface area contributed by atoms with Crippen LogP contribution in [0.1, 0.15) is 53.4 Å². The molecule has 1 rings (SSSR count). The van der Waals surface area contributed by atoms with Crippen LogP contribution in [0.3, 0.4) is 0 Å². The molecule has 0 aromatic heterocycles. The lowest BCUT2D eigenvalue weighted by Crippen LogP contribution is -2.47. The number of hydrogen-bond donors (Lipinski definition) is 2. The van der Waals surface area contributed by atoms with E-state index in [1.54, 1.807) is 0 Å².